The number of hydrogen-bond acceptors (Lipinski definition) is 3. The molecule has 0 aromatic rings. The lowest BCUT2D eigenvalue weighted by Gasteiger charge is -2.11. The molecule has 0 aromatic heterocycles. The van der Waals surface area contributed by atoms with Crippen molar-refractivity contribution in [3.63, 3.8) is 0 Å². The number of halogens is 1. The van der Waals surface area contributed by atoms with Crippen LogP contribution in [0.5, 0.6) is 0 Å². The van der Waals surface area contributed by atoms with Crippen LogP contribution in [0, 0.1) is 0 Å². The Balaban J connectivity index is 4.13. The molecule has 0 saturated heterocycles. The van der Waals surface area contributed by atoms with Crippen molar-refractivity contribution in [1.82, 2.24) is 0 Å². The smallest absolute Gasteiger partial charge is 0.347 e. The second kappa shape index (κ2) is 2.98. The maximum absolute atomic E-state index is 10.00. The molecule has 0 heterocycles. The zero-order chi connectivity index (χ0) is 8.36. The molecule has 5 nitrogen and oxygen atoms in total. The second-order valence-corrected chi connectivity index (χ2v) is 2.95. The van der Waals surface area contributed by atoms with Crippen LogP contribution in [0.15, 0.2) is 0 Å². The molecular formula is C4H5BrO5. The summed E-state index contributed by atoms with van der Waals surface area (Å²) in [6.45, 7) is 0. The van der Waals surface area contributed by atoms with E-state index in [0.717, 1.165) is 0 Å². The summed E-state index contributed by atoms with van der Waals surface area (Å²) in [7, 11) is 0. The monoisotopic (exact) mass is 212 g/mol. The number of aliphatic carboxylic acids is 2. The summed E-state index contributed by atoms with van der Waals surface area (Å²) in [4.78, 5) is 19.9. The molecule has 0 amide bonds. The van der Waals surface area contributed by atoms with Gasteiger partial charge in [0, 0.05) is 0 Å². The molecule has 58 valence electrons. The summed E-state index contributed by atoms with van der Waals surface area (Å²) in [5, 5.41) is 24.9. The van der Waals surface area contributed by atoms with Gasteiger partial charge in [0.2, 0.25) is 4.51 Å². The number of hydrogen-bond donors (Lipinski definition) is 3. The standard InChI is InChI=1S/C4H5BrO5/c5-4(10,3(8)9)1-2(6)7/h10H,1H2,(H,6,7)(H,8,9). The van der Waals surface area contributed by atoms with Crippen LogP contribution in [0.4, 0.5) is 0 Å². The van der Waals surface area contributed by atoms with Gasteiger partial charge in [0.25, 0.3) is 0 Å². The van der Waals surface area contributed by atoms with Crippen molar-refractivity contribution in [2.75, 3.05) is 0 Å². The number of carbonyl (C=O) groups is 2. The highest BCUT2D eigenvalue weighted by atomic mass is 79.9. The summed E-state index contributed by atoms with van der Waals surface area (Å²) in [6.07, 6.45) is -0.873. The number of alkyl halides is 1. The molecule has 0 spiro atoms. The van der Waals surface area contributed by atoms with Crippen molar-refractivity contribution in [2.24, 2.45) is 0 Å². The second-order valence-electron chi connectivity index (χ2n) is 1.63. The van der Waals surface area contributed by atoms with Gasteiger partial charge in [-0.15, -0.1) is 0 Å². The Bertz CT molecular complexity index is 163. The molecule has 0 saturated carbocycles. The first-order chi connectivity index (χ1) is 4.36. The van der Waals surface area contributed by atoms with Gasteiger partial charge < -0.3 is 15.3 Å². The topological polar surface area (TPSA) is 94.8 Å². The van der Waals surface area contributed by atoms with Gasteiger partial charge >= 0.3 is 11.9 Å². The summed E-state index contributed by atoms with van der Waals surface area (Å²) < 4.78 is -2.35. The summed E-state index contributed by atoms with van der Waals surface area (Å²) in [5.74, 6) is -3.00. The average Bonchev–Trinajstić information content (AvgIpc) is 1.60. The molecule has 0 aliphatic carbocycles. The Morgan fingerprint density at radius 1 is 1.40 bits per heavy atom. The summed E-state index contributed by atoms with van der Waals surface area (Å²) in [5.41, 5.74) is 0. The molecule has 0 aliphatic heterocycles. The predicted molar refractivity (Wildman–Crippen MR) is 33.8 cm³/mol. The maximum Gasteiger partial charge on any atom is 0.347 e. The highest BCUT2D eigenvalue weighted by Gasteiger charge is 2.35. The molecule has 10 heavy (non-hydrogen) atoms. The van der Waals surface area contributed by atoms with E-state index in [1.54, 1.807) is 0 Å². The minimum atomic E-state index is -2.35. The fourth-order valence-electron chi connectivity index (χ4n) is 0.276. The first-order valence-corrected chi connectivity index (χ1v) is 3.02. The van der Waals surface area contributed by atoms with Gasteiger partial charge in [0.1, 0.15) is 0 Å². The molecule has 1 unspecified atom stereocenters. The van der Waals surface area contributed by atoms with Crippen molar-refractivity contribution >= 4 is 27.9 Å². The van der Waals surface area contributed by atoms with Gasteiger partial charge in [-0.2, -0.15) is 0 Å². The normalized spacial score (nSPS) is 15.8. The van der Waals surface area contributed by atoms with E-state index in [0.29, 0.717) is 0 Å². The van der Waals surface area contributed by atoms with E-state index in [1.165, 1.54) is 0 Å². The van der Waals surface area contributed by atoms with Crippen LogP contribution in [0.1, 0.15) is 6.42 Å². The molecule has 0 rings (SSSR count). The van der Waals surface area contributed by atoms with Crippen LogP contribution in [-0.4, -0.2) is 31.8 Å². The molecule has 3 N–H and O–H groups in total. The van der Waals surface area contributed by atoms with Crippen LogP contribution in [-0.2, 0) is 9.59 Å². The highest BCUT2D eigenvalue weighted by Crippen LogP contribution is 2.18. The summed E-state index contributed by atoms with van der Waals surface area (Å²) >= 11 is 2.32. The average molecular weight is 213 g/mol. The predicted octanol–water partition coefficient (Wildman–Crippen LogP) is -0.371. The van der Waals surface area contributed by atoms with Gasteiger partial charge in [0.15, 0.2) is 0 Å². The third-order valence-corrected chi connectivity index (χ3v) is 1.33. The lowest BCUT2D eigenvalue weighted by atomic mass is 10.2. The van der Waals surface area contributed by atoms with Crippen molar-refractivity contribution in [3.8, 4) is 0 Å². The van der Waals surface area contributed by atoms with Gasteiger partial charge in [-0.25, -0.2) is 4.79 Å². The Morgan fingerprint density at radius 3 is 1.90 bits per heavy atom. The largest absolute Gasteiger partial charge is 0.481 e. The van der Waals surface area contributed by atoms with Crippen LogP contribution in [0.3, 0.4) is 0 Å². The maximum atomic E-state index is 10.00. The molecule has 0 bridgehead atoms. The zero-order valence-electron chi connectivity index (χ0n) is 4.74. The van der Waals surface area contributed by atoms with Crippen molar-refractivity contribution < 1.29 is 24.9 Å². The molecular weight excluding hydrogens is 208 g/mol. The molecule has 0 aromatic carbocycles. The minimum Gasteiger partial charge on any atom is -0.481 e. The van der Waals surface area contributed by atoms with Crippen LogP contribution >= 0.6 is 15.9 Å². The SMILES string of the molecule is O=C(O)CC(O)(Br)C(=O)O. The van der Waals surface area contributed by atoms with Crippen molar-refractivity contribution in [2.45, 2.75) is 10.9 Å². The third kappa shape index (κ3) is 2.79. The zero-order valence-corrected chi connectivity index (χ0v) is 6.33. The van der Waals surface area contributed by atoms with E-state index < -0.39 is 22.9 Å². The van der Waals surface area contributed by atoms with Gasteiger partial charge in [-0.05, 0) is 15.9 Å². The van der Waals surface area contributed by atoms with E-state index in [2.05, 4.69) is 15.9 Å². The van der Waals surface area contributed by atoms with E-state index in [4.69, 9.17) is 15.3 Å². The molecule has 0 fully saturated rings. The van der Waals surface area contributed by atoms with Crippen LogP contribution in [0.2, 0.25) is 0 Å². The first-order valence-electron chi connectivity index (χ1n) is 2.23. The van der Waals surface area contributed by atoms with E-state index in [1.807, 2.05) is 0 Å². The fraction of sp³-hybridized carbons (Fsp3) is 0.500. The Kier molecular flexibility index (Phi) is 2.79. The van der Waals surface area contributed by atoms with Crippen LogP contribution in [0.25, 0.3) is 0 Å². The molecule has 6 heteroatoms. The fourth-order valence-corrected chi connectivity index (χ4v) is 0.516. The van der Waals surface area contributed by atoms with Crippen molar-refractivity contribution in [1.29, 1.82) is 0 Å². The number of carboxylic acids is 2. The first kappa shape index (κ1) is 9.38. The minimum absolute atomic E-state index is 0.873. The van der Waals surface area contributed by atoms with Crippen molar-refractivity contribution in [3.05, 3.63) is 0 Å². The van der Waals surface area contributed by atoms with E-state index in [-0.39, 0.29) is 0 Å². The quantitative estimate of drug-likeness (QED) is 0.556. The van der Waals surface area contributed by atoms with Crippen LogP contribution < -0.4 is 0 Å². The Hall–Kier alpha value is -0.620. The van der Waals surface area contributed by atoms with E-state index >= 15 is 0 Å². The number of aliphatic hydroxyl groups is 1. The molecule has 0 radical (unpaired) electrons. The lowest BCUT2D eigenvalue weighted by molar-refractivity contribution is -0.155. The van der Waals surface area contributed by atoms with Gasteiger partial charge in [0.05, 0.1) is 6.42 Å². The molecule has 0 aliphatic rings. The number of carboxylic acid groups (broad SMARTS) is 2. The van der Waals surface area contributed by atoms with Gasteiger partial charge in [-0.3, -0.25) is 4.79 Å². The lowest BCUT2D eigenvalue weighted by Crippen LogP contribution is -2.33. The van der Waals surface area contributed by atoms with E-state index in [9.17, 15) is 9.59 Å². The van der Waals surface area contributed by atoms with Gasteiger partial charge in [-0.1, -0.05) is 0 Å². The Morgan fingerprint density at radius 2 is 1.80 bits per heavy atom. The Labute approximate surface area is 64.4 Å². The third-order valence-electron chi connectivity index (χ3n) is 0.713. The molecule has 1 atom stereocenters. The highest BCUT2D eigenvalue weighted by molar-refractivity contribution is 9.10. The summed E-state index contributed by atoms with van der Waals surface area (Å²) in [6, 6.07) is 0. The number of rotatable bonds is 3.